The number of aromatic amines is 1. The third-order valence-electron chi connectivity index (χ3n) is 6.56. The van der Waals surface area contributed by atoms with E-state index in [0.29, 0.717) is 17.8 Å². The Kier molecular flexibility index (Phi) is 7.52. The van der Waals surface area contributed by atoms with Crippen LogP contribution in [-0.2, 0) is 11.3 Å². The van der Waals surface area contributed by atoms with Gasteiger partial charge in [-0.25, -0.2) is 4.98 Å². The summed E-state index contributed by atoms with van der Waals surface area (Å²) < 4.78 is 0. The van der Waals surface area contributed by atoms with Gasteiger partial charge in [-0.3, -0.25) is 14.5 Å². The molecule has 1 aliphatic heterocycles. The molecule has 0 radical (unpaired) electrons. The summed E-state index contributed by atoms with van der Waals surface area (Å²) in [6, 6.07) is 17.8. The molecule has 1 amide bonds. The lowest BCUT2D eigenvalue weighted by atomic mass is 9.95. The Hall–Kier alpha value is -3.03. The Morgan fingerprint density at radius 2 is 1.85 bits per heavy atom. The predicted molar refractivity (Wildman–Crippen MR) is 131 cm³/mol. The van der Waals surface area contributed by atoms with E-state index in [1.165, 1.54) is 5.56 Å². The van der Waals surface area contributed by atoms with Crippen molar-refractivity contribution in [1.82, 2.24) is 25.1 Å². The average Bonchev–Trinajstić information content (AvgIpc) is 2.84. The molecule has 0 saturated carbocycles. The number of rotatable bonds is 8. The number of piperidine rings is 1. The van der Waals surface area contributed by atoms with E-state index in [9.17, 15) is 9.59 Å². The van der Waals surface area contributed by atoms with Gasteiger partial charge in [0.15, 0.2) is 0 Å². The first-order valence-electron chi connectivity index (χ1n) is 11.7. The highest BCUT2D eigenvalue weighted by atomic mass is 16.2. The number of hydrogen-bond donors (Lipinski definition) is 2. The molecule has 33 heavy (non-hydrogen) atoms. The number of carbonyl (C=O) groups is 1. The van der Waals surface area contributed by atoms with Crippen molar-refractivity contribution in [2.75, 3.05) is 33.2 Å². The molecular formula is C26H33N5O2. The van der Waals surface area contributed by atoms with Crippen LogP contribution in [0.4, 0.5) is 0 Å². The second-order valence-electron chi connectivity index (χ2n) is 8.97. The van der Waals surface area contributed by atoms with Crippen LogP contribution in [0.25, 0.3) is 10.9 Å². The van der Waals surface area contributed by atoms with Crippen LogP contribution in [0, 0.1) is 5.92 Å². The van der Waals surface area contributed by atoms with E-state index in [-0.39, 0.29) is 23.4 Å². The molecule has 3 aromatic rings. The predicted octanol–water partition coefficient (Wildman–Crippen LogP) is 2.94. The average molecular weight is 448 g/mol. The fourth-order valence-electron chi connectivity index (χ4n) is 4.51. The Labute approximate surface area is 194 Å². The molecule has 1 fully saturated rings. The largest absolute Gasteiger partial charge is 0.355 e. The van der Waals surface area contributed by atoms with E-state index in [1.54, 1.807) is 6.07 Å². The second-order valence-corrected chi connectivity index (χ2v) is 8.97. The summed E-state index contributed by atoms with van der Waals surface area (Å²) in [4.78, 5) is 37.2. The Morgan fingerprint density at radius 1 is 1.15 bits per heavy atom. The highest BCUT2D eigenvalue weighted by Crippen LogP contribution is 2.25. The molecule has 2 heterocycles. The highest BCUT2D eigenvalue weighted by molar-refractivity contribution is 5.78. The molecule has 0 aliphatic carbocycles. The number of H-pyrrole nitrogens is 1. The van der Waals surface area contributed by atoms with E-state index in [4.69, 9.17) is 0 Å². The van der Waals surface area contributed by atoms with Crippen molar-refractivity contribution in [3.05, 3.63) is 76.3 Å². The van der Waals surface area contributed by atoms with E-state index in [0.717, 1.165) is 44.5 Å². The van der Waals surface area contributed by atoms with E-state index < -0.39 is 0 Å². The summed E-state index contributed by atoms with van der Waals surface area (Å²) >= 11 is 0. The maximum Gasteiger partial charge on any atom is 0.258 e. The molecule has 2 aromatic carbocycles. The lowest BCUT2D eigenvalue weighted by Crippen LogP contribution is -2.43. The molecule has 7 heteroatoms. The normalized spacial score (nSPS) is 16.2. The molecule has 1 aromatic heterocycles. The highest BCUT2D eigenvalue weighted by Gasteiger charge is 2.28. The molecule has 0 spiro atoms. The number of likely N-dealkylation sites (tertiary alicyclic amines) is 1. The van der Waals surface area contributed by atoms with Crippen LogP contribution in [0.3, 0.4) is 0 Å². The van der Waals surface area contributed by atoms with Gasteiger partial charge < -0.3 is 15.2 Å². The van der Waals surface area contributed by atoms with Crippen LogP contribution >= 0.6 is 0 Å². The van der Waals surface area contributed by atoms with Crippen molar-refractivity contribution in [1.29, 1.82) is 0 Å². The standard InChI is InChI=1S/C26H33N5O2/c1-19(24-28-23-11-7-6-10-22(23)26(33)29-24)31-15-12-21(13-16-31)25(32)27-14-17-30(2)18-20-8-4-3-5-9-20/h3-11,19,21H,12-18H2,1-2H3,(H,27,32)(H,28,29,33)/t19-/m0/s1. The van der Waals surface area contributed by atoms with Crippen molar-refractivity contribution in [3.8, 4) is 0 Å². The van der Waals surface area contributed by atoms with Gasteiger partial charge in [-0.2, -0.15) is 0 Å². The summed E-state index contributed by atoms with van der Waals surface area (Å²) in [7, 11) is 2.07. The van der Waals surface area contributed by atoms with Crippen molar-refractivity contribution in [2.24, 2.45) is 5.92 Å². The topological polar surface area (TPSA) is 81.3 Å². The third-order valence-corrected chi connectivity index (χ3v) is 6.56. The first-order valence-corrected chi connectivity index (χ1v) is 11.7. The summed E-state index contributed by atoms with van der Waals surface area (Å²) in [5.41, 5.74) is 1.89. The molecule has 174 valence electrons. The fourth-order valence-corrected chi connectivity index (χ4v) is 4.51. The molecule has 0 unspecified atom stereocenters. The van der Waals surface area contributed by atoms with E-state index >= 15 is 0 Å². The number of likely N-dealkylation sites (N-methyl/N-ethyl adjacent to an activating group) is 1. The van der Waals surface area contributed by atoms with Crippen LogP contribution < -0.4 is 10.9 Å². The van der Waals surface area contributed by atoms with E-state index in [1.807, 2.05) is 36.4 Å². The van der Waals surface area contributed by atoms with Gasteiger partial charge in [0.25, 0.3) is 5.56 Å². The zero-order valence-corrected chi connectivity index (χ0v) is 19.5. The molecule has 4 rings (SSSR count). The Balaban J connectivity index is 1.23. The number of hydrogen-bond acceptors (Lipinski definition) is 5. The lowest BCUT2D eigenvalue weighted by Gasteiger charge is -2.35. The second kappa shape index (κ2) is 10.7. The minimum absolute atomic E-state index is 0.00189. The monoisotopic (exact) mass is 447 g/mol. The van der Waals surface area contributed by atoms with Gasteiger partial charge >= 0.3 is 0 Å². The number of benzene rings is 2. The molecule has 1 aliphatic rings. The Bertz CT molecular complexity index is 1120. The van der Waals surface area contributed by atoms with Gasteiger partial charge in [-0.15, -0.1) is 0 Å². The van der Waals surface area contributed by atoms with Gasteiger partial charge in [-0.05, 0) is 57.6 Å². The summed E-state index contributed by atoms with van der Waals surface area (Å²) in [6.45, 7) is 6.03. The molecule has 7 nitrogen and oxygen atoms in total. The van der Waals surface area contributed by atoms with Crippen molar-refractivity contribution < 1.29 is 4.79 Å². The first kappa shape index (κ1) is 23.1. The summed E-state index contributed by atoms with van der Waals surface area (Å²) in [5, 5.41) is 3.72. The number of para-hydroxylation sites is 1. The smallest absolute Gasteiger partial charge is 0.258 e. The van der Waals surface area contributed by atoms with Crippen molar-refractivity contribution in [3.63, 3.8) is 0 Å². The zero-order valence-electron chi connectivity index (χ0n) is 19.5. The number of amides is 1. The van der Waals surface area contributed by atoms with Gasteiger partial charge in [0.2, 0.25) is 5.91 Å². The van der Waals surface area contributed by atoms with Crippen molar-refractivity contribution in [2.45, 2.75) is 32.4 Å². The molecular weight excluding hydrogens is 414 g/mol. The SMILES string of the molecule is C[C@@H](c1nc2ccccc2c(=O)[nH]1)N1CCC(C(=O)NCCN(C)Cc2ccccc2)CC1. The van der Waals surface area contributed by atoms with Gasteiger partial charge in [-0.1, -0.05) is 42.5 Å². The number of nitrogens with one attached hydrogen (secondary N) is 2. The number of aromatic nitrogens is 2. The maximum atomic E-state index is 12.7. The zero-order chi connectivity index (χ0) is 23.2. The van der Waals surface area contributed by atoms with Crippen molar-refractivity contribution >= 4 is 16.8 Å². The molecule has 0 bridgehead atoms. The van der Waals surface area contributed by atoms with Gasteiger partial charge in [0, 0.05) is 25.6 Å². The van der Waals surface area contributed by atoms with Gasteiger partial charge in [0.1, 0.15) is 5.82 Å². The number of fused-ring (bicyclic) bond motifs is 1. The van der Waals surface area contributed by atoms with Crippen LogP contribution in [0.2, 0.25) is 0 Å². The minimum Gasteiger partial charge on any atom is -0.355 e. The number of nitrogens with zero attached hydrogens (tertiary/aromatic N) is 3. The fraction of sp³-hybridized carbons (Fsp3) is 0.423. The molecule has 1 atom stereocenters. The quantitative estimate of drug-likeness (QED) is 0.555. The molecule has 2 N–H and O–H groups in total. The van der Waals surface area contributed by atoms with Crippen LogP contribution in [-0.4, -0.2) is 58.9 Å². The lowest BCUT2D eigenvalue weighted by molar-refractivity contribution is -0.126. The van der Waals surface area contributed by atoms with Crippen LogP contribution in [0.15, 0.2) is 59.4 Å². The van der Waals surface area contributed by atoms with E-state index in [2.05, 4.69) is 51.2 Å². The summed E-state index contributed by atoms with van der Waals surface area (Å²) in [6.07, 6.45) is 1.63. The summed E-state index contributed by atoms with van der Waals surface area (Å²) in [5.74, 6) is 0.868. The van der Waals surface area contributed by atoms with Crippen LogP contribution in [0.1, 0.15) is 37.2 Å². The Morgan fingerprint density at radius 3 is 2.61 bits per heavy atom. The minimum atomic E-state index is -0.103. The third kappa shape index (κ3) is 5.86. The van der Waals surface area contributed by atoms with Gasteiger partial charge in [0.05, 0.1) is 16.9 Å². The number of carbonyl (C=O) groups excluding carboxylic acids is 1. The molecule has 1 saturated heterocycles. The first-order chi connectivity index (χ1) is 16.0. The van der Waals surface area contributed by atoms with Crippen LogP contribution in [0.5, 0.6) is 0 Å². The maximum absolute atomic E-state index is 12.7.